The van der Waals surface area contributed by atoms with Crippen molar-refractivity contribution in [2.24, 2.45) is 5.41 Å². The van der Waals surface area contributed by atoms with Crippen LogP contribution in [0.5, 0.6) is 0 Å². The average Bonchev–Trinajstić information content (AvgIpc) is 3.25. The van der Waals surface area contributed by atoms with Gasteiger partial charge in [0.05, 0.1) is 12.1 Å². The van der Waals surface area contributed by atoms with Crippen molar-refractivity contribution >= 4 is 42.5 Å². The van der Waals surface area contributed by atoms with E-state index in [2.05, 4.69) is 245 Å². The minimum absolute atomic E-state index is 0.0154. The number of benzene rings is 4. The highest BCUT2D eigenvalue weighted by molar-refractivity contribution is 7.03. The second-order valence-corrected chi connectivity index (χ2v) is 27.5. The van der Waals surface area contributed by atoms with E-state index in [-0.39, 0.29) is 52.1 Å². The Morgan fingerprint density at radius 1 is 0.571 bits per heavy atom. The number of nitrogens with zero attached hydrogens (tertiary/aromatic N) is 2. The van der Waals surface area contributed by atoms with E-state index in [0.717, 1.165) is 12.8 Å². The fourth-order valence-electron chi connectivity index (χ4n) is 11.3. The molecule has 1 saturated heterocycles. The first kappa shape index (κ1) is 43.5. The van der Waals surface area contributed by atoms with Gasteiger partial charge >= 0.3 is 0 Å². The van der Waals surface area contributed by atoms with Crippen LogP contribution in [0.1, 0.15) is 113 Å². The van der Waals surface area contributed by atoms with Crippen LogP contribution in [0.15, 0.2) is 167 Å². The van der Waals surface area contributed by atoms with Gasteiger partial charge in [0.25, 0.3) is 0 Å². The molecule has 5 aliphatic rings. The summed E-state index contributed by atoms with van der Waals surface area (Å²) in [6.45, 7) is 31.2. The standard InChI is InChI=1S/C59H71BN2Si/c1-56(2,3)40-24-30-44(31-25-40)61-51-34-28-42(58(7,8)9)36-49(51)60-50-37-43(59(10,11)12)29-35-52(50)62(45-32-26-41(27-33-45)57(4,5)6)54-39-48(38-53(61)55(54)60)63(13,46-20-16-14-17-21-46)47-22-18-15-19-23-47/h14,16-18,20-39,49,51,54-55H,15,19H2,1-13H3. The fourth-order valence-corrected chi connectivity index (χ4v) is 15.1. The summed E-state index contributed by atoms with van der Waals surface area (Å²) in [5, 5.41) is 4.50. The van der Waals surface area contributed by atoms with E-state index in [4.69, 9.17) is 0 Å². The van der Waals surface area contributed by atoms with Gasteiger partial charge in [-0.25, -0.2) is 0 Å². The summed E-state index contributed by atoms with van der Waals surface area (Å²) in [6, 6.07) is 38.6. The van der Waals surface area contributed by atoms with Gasteiger partial charge < -0.3 is 9.80 Å². The zero-order valence-corrected chi connectivity index (χ0v) is 41.6. The highest BCUT2D eigenvalue weighted by atomic mass is 28.3. The van der Waals surface area contributed by atoms with Gasteiger partial charge in [-0.05, 0) is 109 Å². The van der Waals surface area contributed by atoms with Crippen molar-refractivity contribution < 1.29 is 0 Å². The summed E-state index contributed by atoms with van der Waals surface area (Å²) in [5.41, 5.74) is 12.6. The third-order valence-corrected chi connectivity index (χ3v) is 19.7. The molecule has 0 amide bonds. The Balaban J connectivity index is 1.38. The maximum absolute atomic E-state index is 2.80. The maximum atomic E-state index is 2.80. The minimum atomic E-state index is -2.51. The molecule has 0 saturated carbocycles. The molecule has 2 aliphatic heterocycles. The van der Waals surface area contributed by atoms with Crippen LogP contribution in [-0.2, 0) is 16.2 Å². The first-order valence-corrected chi connectivity index (χ1v) is 26.4. The van der Waals surface area contributed by atoms with E-state index >= 15 is 0 Å². The van der Waals surface area contributed by atoms with E-state index in [1.165, 1.54) is 66.1 Å². The number of allylic oxidation sites excluding steroid dienone is 8. The summed E-state index contributed by atoms with van der Waals surface area (Å²) in [7, 11) is -2.51. The SMILES string of the molecule is CC(C)(C)C1=CC2B3c4cc(C(C)(C)C)ccc4N(c4ccc(C(C)(C)C)cc4)C4C=C([Si](C)(C5=CCCC=C5)c5ccccc5)C=C(C34)N(c3ccc(C(C)(C)C)cc3)C2C=C1. The molecule has 1 fully saturated rings. The predicted molar refractivity (Wildman–Crippen MR) is 278 cm³/mol. The lowest BCUT2D eigenvalue weighted by molar-refractivity contribution is 0.506. The minimum Gasteiger partial charge on any atom is -0.339 e. The van der Waals surface area contributed by atoms with Crippen molar-refractivity contribution in [3.63, 3.8) is 0 Å². The van der Waals surface area contributed by atoms with Crippen molar-refractivity contribution in [2.45, 2.75) is 142 Å². The van der Waals surface area contributed by atoms with Crippen LogP contribution >= 0.6 is 0 Å². The summed E-state index contributed by atoms with van der Waals surface area (Å²) in [6.07, 6.45) is 22.9. The lowest BCUT2D eigenvalue weighted by atomic mass is 9.24. The maximum Gasteiger partial charge on any atom is 0.200 e. The molecule has 2 nitrogen and oxygen atoms in total. The first-order valence-electron chi connectivity index (χ1n) is 23.9. The second kappa shape index (κ2) is 15.4. The normalized spacial score (nSPS) is 23.2. The summed E-state index contributed by atoms with van der Waals surface area (Å²) in [4.78, 5) is 5.57. The molecule has 0 N–H and O–H groups in total. The molecule has 0 bridgehead atoms. The molecule has 5 unspecified atom stereocenters. The van der Waals surface area contributed by atoms with Crippen molar-refractivity contribution in [3.8, 4) is 0 Å². The number of anilines is 3. The van der Waals surface area contributed by atoms with Gasteiger partial charge in [0, 0.05) is 28.6 Å². The number of hydrogen-bond acceptors (Lipinski definition) is 2. The molecular formula is C59H71BN2Si. The molecule has 0 radical (unpaired) electrons. The Kier molecular flexibility index (Phi) is 10.6. The van der Waals surface area contributed by atoms with Gasteiger partial charge in [0.2, 0.25) is 6.71 Å². The van der Waals surface area contributed by atoms with Crippen LogP contribution < -0.4 is 20.4 Å². The Morgan fingerprint density at radius 2 is 1.16 bits per heavy atom. The first-order chi connectivity index (χ1) is 29.7. The Bertz CT molecular complexity index is 2580. The van der Waals surface area contributed by atoms with E-state index < -0.39 is 8.07 Å². The van der Waals surface area contributed by atoms with E-state index in [1.54, 1.807) is 0 Å². The van der Waals surface area contributed by atoms with Crippen LogP contribution in [0.3, 0.4) is 0 Å². The van der Waals surface area contributed by atoms with E-state index in [1.807, 2.05) is 0 Å². The number of rotatable bonds is 5. The van der Waals surface area contributed by atoms with Crippen LogP contribution in [-0.4, -0.2) is 26.9 Å². The van der Waals surface area contributed by atoms with Gasteiger partial charge in [0.1, 0.15) is 8.07 Å². The van der Waals surface area contributed by atoms with Gasteiger partial charge in [-0.15, -0.1) is 0 Å². The monoisotopic (exact) mass is 847 g/mol. The molecule has 5 atom stereocenters. The smallest absolute Gasteiger partial charge is 0.200 e. The average molecular weight is 847 g/mol. The Labute approximate surface area is 382 Å². The van der Waals surface area contributed by atoms with Gasteiger partial charge in [0.15, 0.2) is 0 Å². The van der Waals surface area contributed by atoms with Gasteiger partial charge in [-0.2, -0.15) is 0 Å². The van der Waals surface area contributed by atoms with Crippen LogP contribution in [0.25, 0.3) is 0 Å². The molecule has 4 heteroatoms. The molecule has 0 aromatic heterocycles. The van der Waals surface area contributed by atoms with Crippen LogP contribution in [0.2, 0.25) is 18.2 Å². The Morgan fingerprint density at radius 3 is 1.71 bits per heavy atom. The largest absolute Gasteiger partial charge is 0.339 e. The Hall–Kier alpha value is -4.80. The molecule has 2 heterocycles. The van der Waals surface area contributed by atoms with Crippen molar-refractivity contribution in [2.75, 3.05) is 9.80 Å². The molecule has 9 rings (SSSR count). The molecule has 3 aliphatic carbocycles. The topological polar surface area (TPSA) is 6.48 Å². The highest BCUT2D eigenvalue weighted by Crippen LogP contribution is 2.57. The summed E-state index contributed by atoms with van der Waals surface area (Å²) >= 11 is 0. The van der Waals surface area contributed by atoms with Crippen molar-refractivity contribution in [3.05, 3.63) is 184 Å². The second-order valence-electron chi connectivity index (χ2n) is 23.5. The van der Waals surface area contributed by atoms with Crippen LogP contribution in [0, 0.1) is 5.41 Å². The third kappa shape index (κ3) is 7.62. The van der Waals surface area contributed by atoms with Gasteiger partial charge in [-0.1, -0.05) is 210 Å². The molecule has 4 aromatic rings. The lowest BCUT2D eigenvalue weighted by Gasteiger charge is -2.58. The molecule has 63 heavy (non-hydrogen) atoms. The molecule has 0 spiro atoms. The van der Waals surface area contributed by atoms with E-state index in [9.17, 15) is 0 Å². The third-order valence-electron chi connectivity index (χ3n) is 15.2. The van der Waals surface area contributed by atoms with Crippen molar-refractivity contribution in [1.82, 2.24) is 0 Å². The van der Waals surface area contributed by atoms with Crippen molar-refractivity contribution in [1.29, 1.82) is 0 Å². The lowest BCUT2D eigenvalue weighted by Crippen LogP contribution is -2.65. The quantitative estimate of drug-likeness (QED) is 0.185. The number of hydrogen-bond donors (Lipinski definition) is 0. The highest BCUT2D eigenvalue weighted by Gasteiger charge is 2.57. The van der Waals surface area contributed by atoms with Crippen LogP contribution in [0.4, 0.5) is 17.1 Å². The fraction of sp³-hybridized carbons (Fsp3) is 0.390. The zero-order valence-electron chi connectivity index (χ0n) is 40.6. The summed E-state index contributed by atoms with van der Waals surface area (Å²) < 4.78 is 0. The number of fused-ring (bicyclic) bond motifs is 4. The molecule has 324 valence electrons. The van der Waals surface area contributed by atoms with E-state index in [0.29, 0.717) is 0 Å². The molecular weight excluding hydrogens is 776 g/mol. The molecule has 4 aromatic carbocycles. The summed E-state index contributed by atoms with van der Waals surface area (Å²) in [5.74, 6) is 0.475. The zero-order chi connectivity index (χ0) is 44.9. The predicted octanol–water partition coefficient (Wildman–Crippen LogP) is 14.1. The van der Waals surface area contributed by atoms with Gasteiger partial charge in [-0.3, -0.25) is 0 Å².